The highest BCUT2D eigenvalue weighted by atomic mass is 19.1. The van der Waals surface area contributed by atoms with Gasteiger partial charge in [0.25, 0.3) is 0 Å². The van der Waals surface area contributed by atoms with Gasteiger partial charge in [-0.25, -0.2) is 18.2 Å². The van der Waals surface area contributed by atoms with Crippen molar-refractivity contribution in [2.75, 3.05) is 11.1 Å². The maximum absolute atomic E-state index is 13.4. The summed E-state index contributed by atoms with van der Waals surface area (Å²) >= 11 is 0. The third kappa shape index (κ3) is 2.50. The van der Waals surface area contributed by atoms with E-state index in [0.29, 0.717) is 17.8 Å². The Hall–Kier alpha value is -2.31. The predicted octanol–water partition coefficient (Wildman–Crippen LogP) is 2.53. The molecule has 4 nitrogen and oxygen atoms in total. The number of hydrogen-bond donors (Lipinski definition) is 2. The molecule has 94 valence electrons. The Morgan fingerprint density at radius 2 is 1.67 bits per heavy atom. The van der Waals surface area contributed by atoms with Crippen LogP contribution < -0.4 is 11.1 Å². The molecule has 1 heterocycles. The van der Waals surface area contributed by atoms with Crippen molar-refractivity contribution in [2.45, 2.75) is 6.92 Å². The van der Waals surface area contributed by atoms with Crippen LogP contribution in [0, 0.1) is 24.4 Å². The number of aryl methyl sites for hydroxylation is 1. The van der Waals surface area contributed by atoms with Crippen LogP contribution in [0.15, 0.2) is 18.2 Å². The van der Waals surface area contributed by atoms with Gasteiger partial charge in [0, 0.05) is 23.9 Å². The van der Waals surface area contributed by atoms with E-state index in [1.165, 1.54) is 6.07 Å². The van der Waals surface area contributed by atoms with Gasteiger partial charge in [0.15, 0.2) is 11.6 Å². The second kappa shape index (κ2) is 4.52. The zero-order valence-corrected chi connectivity index (χ0v) is 9.34. The van der Waals surface area contributed by atoms with Crippen molar-refractivity contribution in [1.82, 2.24) is 9.97 Å². The van der Waals surface area contributed by atoms with E-state index in [2.05, 4.69) is 15.3 Å². The molecule has 0 saturated carbocycles. The van der Waals surface area contributed by atoms with Crippen molar-refractivity contribution in [1.29, 1.82) is 0 Å². The zero-order valence-electron chi connectivity index (χ0n) is 9.34. The number of halogens is 3. The summed E-state index contributed by atoms with van der Waals surface area (Å²) in [6.45, 7) is 1.65. The predicted molar refractivity (Wildman–Crippen MR) is 60.8 cm³/mol. The lowest BCUT2D eigenvalue weighted by Gasteiger charge is -2.09. The smallest absolute Gasteiger partial charge is 0.222 e. The van der Waals surface area contributed by atoms with Crippen LogP contribution in [0.25, 0.3) is 0 Å². The maximum atomic E-state index is 13.4. The Morgan fingerprint density at radius 3 is 2.22 bits per heavy atom. The highest BCUT2D eigenvalue weighted by Crippen LogP contribution is 2.23. The highest BCUT2D eigenvalue weighted by molar-refractivity contribution is 5.58. The van der Waals surface area contributed by atoms with Gasteiger partial charge >= 0.3 is 0 Å². The van der Waals surface area contributed by atoms with Gasteiger partial charge in [0.05, 0.1) is 0 Å². The molecular formula is C11H9F3N4. The Morgan fingerprint density at radius 1 is 1.06 bits per heavy atom. The van der Waals surface area contributed by atoms with Crippen LogP contribution in [0.3, 0.4) is 0 Å². The molecule has 0 radical (unpaired) electrons. The molecule has 18 heavy (non-hydrogen) atoms. The number of rotatable bonds is 2. The van der Waals surface area contributed by atoms with E-state index < -0.39 is 23.1 Å². The summed E-state index contributed by atoms with van der Waals surface area (Å²) in [5.74, 6) is -3.00. The van der Waals surface area contributed by atoms with Crippen LogP contribution in [-0.2, 0) is 0 Å². The third-order valence-corrected chi connectivity index (χ3v) is 2.13. The van der Waals surface area contributed by atoms with Crippen LogP contribution in [-0.4, -0.2) is 9.97 Å². The minimum absolute atomic E-state index is 0.0274. The fraction of sp³-hybridized carbons (Fsp3) is 0.0909. The molecule has 0 bridgehead atoms. The average Bonchev–Trinajstić information content (AvgIpc) is 2.22. The lowest BCUT2D eigenvalue weighted by Crippen LogP contribution is -2.04. The Balaban J connectivity index is 2.40. The topological polar surface area (TPSA) is 63.8 Å². The molecule has 3 N–H and O–H groups in total. The Labute approximate surface area is 101 Å². The Kier molecular flexibility index (Phi) is 3.05. The zero-order chi connectivity index (χ0) is 13.3. The molecule has 0 atom stereocenters. The van der Waals surface area contributed by atoms with E-state index in [4.69, 9.17) is 5.73 Å². The van der Waals surface area contributed by atoms with Crippen LogP contribution in [0.1, 0.15) is 5.69 Å². The van der Waals surface area contributed by atoms with Crippen LogP contribution in [0.4, 0.5) is 30.6 Å². The van der Waals surface area contributed by atoms with Crippen molar-refractivity contribution >= 4 is 17.5 Å². The summed E-state index contributed by atoms with van der Waals surface area (Å²) in [6, 6.07) is 2.60. The molecule has 0 aliphatic heterocycles. The second-order valence-corrected chi connectivity index (χ2v) is 3.62. The van der Waals surface area contributed by atoms with E-state index in [0.717, 1.165) is 0 Å². The monoisotopic (exact) mass is 254 g/mol. The van der Waals surface area contributed by atoms with E-state index >= 15 is 0 Å². The van der Waals surface area contributed by atoms with E-state index in [1.807, 2.05) is 0 Å². The van der Waals surface area contributed by atoms with Crippen LogP contribution in [0.5, 0.6) is 0 Å². The second-order valence-electron chi connectivity index (χ2n) is 3.62. The van der Waals surface area contributed by atoms with Crippen molar-refractivity contribution in [3.8, 4) is 0 Å². The number of hydrogen-bond acceptors (Lipinski definition) is 4. The molecular weight excluding hydrogens is 245 g/mol. The van der Waals surface area contributed by atoms with Crippen LogP contribution >= 0.6 is 0 Å². The summed E-state index contributed by atoms with van der Waals surface area (Å²) in [5, 5.41) is 2.40. The molecule has 0 saturated heterocycles. The van der Waals surface area contributed by atoms with Gasteiger partial charge in [-0.2, -0.15) is 4.98 Å². The van der Waals surface area contributed by atoms with Crippen molar-refractivity contribution < 1.29 is 13.2 Å². The Bertz CT molecular complexity index is 558. The summed E-state index contributed by atoms with van der Waals surface area (Å²) in [4.78, 5) is 7.58. The SMILES string of the molecule is Cc1cc(Nc2c(F)cc(F)cc2F)nc(N)n1. The highest BCUT2D eigenvalue weighted by Gasteiger charge is 2.12. The summed E-state index contributed by atoms with van der Waals surface area (Å²) in [7, 11) is 0. The van der Waals surface area contributed by atoms with Gasteiger partial charge in [-0.05, 0) is 6.92 Å². The van der Waals surface area contributed by atoms with Gasteiger partial charge in [-0.15, -0.1) is 0 Å². The molecule has 0 aliphatic carbocycles. The summed E-state index contributed by atoms with van der Waals surface area (Å²) in [5.41, 5.74) is 5.45. The number of nitrogens with two attached hydrogens (primary N) is 1. The maximum Gasteiger partial charge on any atom is 0.222 e. The standard InChI is InChI=1S/C11H9F3N4/c1-5-2-9(18-11(15)16-5)17-10-7(13)3-6(12)4-8(10)14/h2-4H,1H3,(H3,15,16,17,18). The number of anilines is 3. The summed E-state index contributed by atoms with van der Waals surface area (Å²) in [6.07, 6.45) is 0. The molecule has 0 aliphatic rings. The number of nitrogens with one attached hydrogen (secondary N) is 1. The molecule has 0 fully saturated rings. The quantitative estimate of drug-likeness (QED) is 0.864. The van der Waals surface area contributed by atoms with Crippen molar-refractivity contribution in [3.05, 3.63) is 41.3 Å². The van der Waals surface area contributed by atoms with Gasteiger partial charge in [0.2, 0.25) is 5.95 Å². The first-order valence-electron chi connectivity index (χ1n) is 4.98. The molecule has 2 aromatic rings. The molecule has 1 aromatic heterocycles. The summed E-state index contributed by atoms with van der Waals surface area (Å²) < 4.78 is 39.5. The average molecular weight is 254 g/mol. The van der Waals surface area contributed by atoms with Crippen LogP contribution in [0.2, 0.25) is 0 Å². The minimum atomic E-state index is -1.05. The van der Waals surface area contributed by atoms with Gasteiger partial charge in [-0.3, -0.25) is 0 Å². The lowest BCUT2D eigenvalue weighted by atomic mass is 10.2. The van der Waals surface area contributed by atoms with Gasteiger partial charge < -0.3 is 11.1 Å². The number of nitrogens with zero attached hydrogens (tertiary/aromatic N) is 2. The first-order valence-corrected chi connectivity index (χ1v) is 4.98. The van der Waals surface area contributed by atoms with E-state index in [-0.39, 0.29) is 11.8 Å². The molecule has 2 rings (SSSR count). The fourth-order valence-corrected chi connectivity index (χ4v) is 1.45. The fourth-order valence-electron chi connectivity index (χ4n) is 1.45. The van der Waals surface area contributed by atoms with Gasteiger partial charge in [0.1, 0.15) is 17.3 Å². The molecule has 7 heteroatoms. The van der Waals surface area contributed by atoms with E-state index in [1.54, 1.807) is 6.92 Å². The third-order valence-electron chi connectivity index (χ3n) is 2.13. The largest absolute Gasteiger partial charge is 0.368 e. The number of benzene rings is 1. The molecule has 0 spiro atoms. The lowest BCUT2D eigenvalue weighted by molar-refractivity contribution is 0.548. The molecule has 0 unspecified atom stereocenters. The van der Waals surface area contributed by atoms with Crippen molar-refractivity contribution in [2.24, 2.45) is 0 Å². The first-order chi connectivity index (χ1) is 8.45. The van der Waals surface area contributed by atoms with Gasteiger partial charge in [-0.1, -0.05) is 0 Å². The van der Waals surface area contributed by atoms with Crippen molar-refractivity contribution in [3.63, 3.8) is 0 Å². The first kappa shape index (κ1) is 12.2. The number of aromatic nitrogens is 2. The number of nitrogen functional groups attached to an aromatic ring is 1. The molecule has 0 amide bonds. The van der Waals surface area contributed by atoms with E-state index in [9.17, 15) is 13.2 Å². The minimum Gasteiger partial charge on any atom is -0.368 e. The normalized spacial score (nSPS) is 10.4. The molecule has 1 aromatic carbocycles.